The lowest BCUT2D eigenvalue weighted by molar-refractivity contribution is 1.32. The molecule has 0 unspecified atom stereocenters. The van der Waals surface area contributed by atoms with Gasteiger partial charge >= 0.3 is 0 Å². The number of imidazole rings is 1. The van der Waals surface area contributed by atoms with E-state index in [1.165, 1.54) is 59.4 Å². The van der Waals surface area contributed by atoms with E-state index < -0.39 is 6.04 Å². The lowest BCUT2D eigenvalue weighted by Crippen LogP contribution is -2.24. The first-order valence-corrected chi connectivity index (χ1v) is 19.4. The molecular weight excluding hydrogens is 632 g/mol. The van der Waals surface area contributed by atoms with Crippen molar-refractivity contribution < 1.29 is 0 Å². The van der Waals surface area contributed by atoms with Gasteiger partial charge < -0.3 is 0 Å². The van der Waals surface area contributed by atoms with E-state index >= 15 is 0 Å². The molecule has 0 bridgehead atoms. The predicted molar refractivity (Wildman–Crippen MR) is 214 cm³/mol. The molecule has 0 saturated heterocycles. The van der Waals surface area contributed by atoms with Crippen LogP contribution in [-0.2, 0) is 11.8 Å². The van der Waals surface area contributed by atoms with Crippen LogP contribution < -0.4 is 15.9 Å². The second-order valence-electron chi connectivity index (χ2n) is 12.8. The number of rotatable bonds is 4. The van der Waals surface area contributed by atoms with E-state index in [-0.39, 0.29) is 0 Å². The Kier molecular flexibility index (Phi) is 6.36. The van der Waals surface area contributed by atoms with Crippen LogP contribution in [0.4, 0.5) is 0 Å². The van der Waals surface area contributed by atoms with Crippen molar-refractivity contribution in [2.75, 3.05) is 0 Å². The molecule has 0 amide bonds. The topological polar surface area (TPSA) is 17.3 Å². The molecule has 0 aliphatic rings. The van der Waals surface area contributed by atoms with E-state index in [0.717, 1.165) is 27.6 Å². The summed E-state index contributed by atoms with van der Waals surface area (Å²) in [4.78, 5) is 5.34. The van der Waals surface area contributed by atoms with Gasteiger partial charge in [-0.2, -0.15) is 0 Å². The summed E-state index contributed by atoms with van der Waals surface area (Å²) >= 11 is 6.83. The summed E-state index contributed by atoms with van der Waals surface area (Å²) in [6.07, 6.45) is 0. The zero-order chi connectivity index (χ0) is 32.5. The maximum atomic E-state index is 6.83. The standard InChI is InChI=1S/C45H29N2PS/c49-48(36-15-3-1-4-16-36,37-17-5-2-6-18-37)38-22-23-39-40-26-32-13-9-10-14-33(32)27-41(40)45-46-42-24-21-35(28-44(42)47(45)43(39)29-38)34-20-19-30-11-7-8-12-31(30)25-34/h1-29H. The Balaban J connectivity index is 1.32. The molecule has 0 radical (unpaired) electrons. The number of aromatic nitrogens is 2. The van der Waals surface area contributed by atoms with E-state index in [2.05, 4.69) is 180 Å². The van der Waals surface area contributed by atoms with Crippen molar-refractivity contribution in [3.05, 3.63) is 176 Å². The molecule has 0 atom stereocenters. The van der Waals surface area contributed by atoms with Gasteiger partial charge in [-0.3, -0.25) is 4.40 Å². The van der Waals surface area contributed by atoms with Crippen LogP contribution in [0.15, 0.2) is 176 Å². The molecule has 10 rings (SSSR count). The number of fused-ring (bicyclic) bond motifs is 10. The highest BCUT2D eigenvalue weighted by molar-refractivity contribution is 8.25. The second kappa shape index (κ2) is 11.0. The third kappa shape index (κ3) is 4.40. The Morgan fingerprint density at radius 3 is 1.67 bits per heavy atom. The molecule has 0 aliphatic heterocycles. The molecule has 4 heteroatoms. The Morgan fingerprint density at radius 2 is 0.980 bits per heavy atom. The lowest BCUT2D eigenvalue weighted by Gasteiger charge is -2.25. The maximum Gasteiger partial charge on any atom is 0.146 e. The molecular formula is C45H29N2PS. The number of hydrogen-bond donors (Lipinski definition) is 0. The third-order valence-electron chi connectivity index (χ3n) is 9.98. The summed E-state index contributed by atoms with van der Waals surface area (Å²) in [6.45, 7) is 0. The van der Waals surface area contributed by atoms with Gasteiger partial charge in [-0.1, -0.05) is 151 Å². The number of hydrogen-bond acceptors (Lipinski definition) is 2. The van der Waals surface area contributed by atoms with Crippen molar-refractivity contribution in [2.24, 2.45) is 0 Å². The minimum absolute atomic E-state index is 0.962. The van der Waals surface area contributed by atoms with E-state index in [1.807, 2.05) is 0 Å². The van der Waals surface area contributed by atoms with Crippen LogP contribution in [0.3, 0.4) is 0 Å². The molecule has 8 aromatic carbocycles. The van der Waals surface area contributed by atoms with Gasteiger partial charge in [0.15, 0.2) is 0 Å². The van der Waals surface area contributed by atoms with Crippen LogP contribution in [0.25, 0.3) is 71.0 Å². The predicted octanol–water partition coefficient (Wildman–Crippen LogP) is 10.5. The number of benzene rings is 8. The van der Waals surface area contributed by atoms with E-state index in [4.69, 9.17) is 16.8 Å². The normalized spacial score (nSPS) is 12.2. The highest BCUT2D eigenvalue weighted by atomic mass is 32.4. The van der Waals surface area contributed by atoms with Crippen molar-refractivity contribution in [3.8, 4) is 11.1 Å². The molecule has 10 aromatic rings. The zero-order valence-electron chi connectivity index (χ0n) is 26.5. The van der Waals surface area contributed by atoms with Crippen molar-refractivity contribution in [1.29, 1.82) is 0 Å². The average Bonchev–Trinajstić information content (AvgIpc) is 3.57. The van der Waals surface area contributed by atoms with Crippen LogP contribution in [0.2, 0.25) is 0 Å². The third-order valence-corrected chi connectivity index (χ3v) is 14.9. The molecule has 2 nitrogen and oxygen atoms in total. The summed E-state index contributed by atoms with van der Waals surface area (Å²) in [5, 5.41) is 12.0. The molecule has 49 heavy (non-hydrogen) atoms. The fourth-order valence-corrected chi connectivity index (χ4v) is 11.3. The van der Waals surface area contributed by atoms with Gasteiger partial charge in [-0.25, -0.2) is 4.98 Å². The Bertz CT molecular complexity index is 2920. The minimum Gasteiger partial charge on any atom is -0.292 e. The van der Waals surface area contributed by atoms with Crippen molar-refractivity contribution in [1.82, 2.24) is 9.38 Å². The Hall–Kier alpha value is -5.60. The highest BCUT2D eigenvalue weighted by Gasteiger charge is 2.26. The van der Waals surface area contributed by atoms with Crippen LogP contribution in [0.1, 0.15) is 0 Å². The molecule has 2 heterocycles. The first-order valence-electron chi connectivity index (χ1n) is 16.6. The fourth-order valence-electron chi connectivity index (χ4n) is 7.55. The van der Waals surface area contributed by atoms with Crippen LogP contribution >= 0.6 is 6.04 Å². The van der Waals surface area contributed by atoms with Crippen LogP contribution in [-0.4, -0.2) is 9.38 Å². The summed E-state index contributed by atoms with van der Waals surface area (Å²) in [6, 6.07) is 61.1. The molecule has 0 aliphatic carbocycles. The number of pyridine rings is 1. The quantitative estimate of drug-likeness (QED) is 0.106. The van der Waals surface area contributed by atoms with Gasteiger partial charge in [0, 0.05) is 16.8 Å². The van der Waals surface area contributed by atoms with E-state index in [9.17, 15) is 0 Å². The van der Waals surface area contributed by atoms with E-state index in [0.29, 0.717) is 0 Å². The second-order valence-corrected chi connectivity index (χ2v) is 17.2. The zero-order valence-corrected chi connectivity index (χ0v) is 28.2. The van der Waals surface area contributed by atoms with Gasteiger partial charge in [0.05, 0.1) is 16.6 Å². The summed E-state index contributed by atoms with van der Waals surface area (Å²) in [7, 11) is 0. The molecule has 0 saturated carbocycles. The molecule has 0 N–H and O–H groups in total. The van der Waals surface area contributed by atoms with Crippen molar-refractivity contribution >= 4 is 93.7 Å². The smallest absolute Gasteiger partial charge is 0.146 e. The van der Waals surface area contributed by atoms with Gasteiger partial charge in [-0.15, -0.1) is 0 Å². The maximum absolute atomic E-state index is 6.83. The first kappa shape index (κ1) is 28.4. The average molecular weight is 661 g/mol. The summed E-state index contributed by atoms with van der Waals surface area (Å²) < 4.78 is 2.38. The molecule has 0 spiro atoms. The number of nitrogens with zero attached hydrogens (tertiary/aromatic N) is 2. The lowest BCUT2D eigenvalue weighted by atomic mass is 10.0. The SMILES string of the molecule is S=P(c1ccccc1)(c1ccccc1)c1ccc2c3cc4ccccc4cc3c3nc4ccc(-c5ccc6ccccc6c5)cc4n3c2c1. The Morgan fingerprint density at radius 1 is 0.408 bits per heavy atom. The van der Waals surface area contributed by atoms with E-state index in [1.54, 1.807) is 0 Å². The minimum atomic E-state index is -2.38. The van der Waals surface area contributed by atoms with Gasteiger partial charge in [0.2, 0.25) is 0 Å². The largest absolute Gasteiger partial charge is 0.292 e. The van der Waals surface area contributed by atoms with Crippen molar-refractivity contribution in [2.45, 2.75) is 0 Å². The fraction of sp³-hybridized carbons (Fsp3) is 0. The highest BCUT2D eigenvalue weighted by Crippen LogP contribution is 2.44. The summed E-state index contributed by atoms with van der Waals surface area (Å²) in [5.41, 5.74) is 6.50. The molecule has 0 fully saturated rings. The molecule has 230 valence electrons. The Labute approximate surface area is 288 Å². The van der Waals surface area contributed by atoms with Crippen LogP contribution in [0, 0.1) is 0 Å². The summed E-state index contributed by atoms with van der Waals surface area (Å²) in [5.74, 6) is 0. The van der Waals surface area contributed by atoms with Gasteiger partial charge in [0.25, 0.3) is 0 Å². The van der Waals surface area contributed by atoms with Gasteiger partial charge in [0.1, 0.15) is 5.65 Å². The monoisotopic (exact) mass is 660 g/mol. The van der Waals surface area contributed by atoms with Gasteiger partial charge in [-0.05, 0) is 90.4 Å². The first-order chi connectivity index (χ1) is 24.1. The van der Waals surface area contributed by atoms with Crippen molar-refractivity contribution in [3.63, 3.8) is 0 Å². The van der Waals surface area contributed by atoms with Crippen LogP contribution in [0.5, 0.6) is 0 Å². The molecule has 2 aromatic heterocycles.